The van der Waals surface area contributed by atoms with Crippen molar-refractivity contribution in [2.45, 2.75) is 0 Å². The van der Waals surface area contributed by atoms with Crippen LogP contribution in [-0.2, 0) is 4.79 Å². The zero-order valence-corrected chi connectivity index (χ0v) is 13.7. The van der Waals surface area contributed by atoms with Gasteiger partial charge in [-0.2, -0.15) is 0 Å². The number of esters is 1. The van der Waals surface area contributed by atoms with Gasteiger partial charge in [0.2, 0.25) is 0 Å². The van der Waals surface area contributed by atoms with Gasteiger partial charge in [-0.25, -0.2) is 4.79 Å². The maximum Gasteiger partial charge on any atom is 0.336 e. The Morgan fingerprint density at radius 2 is 1.58 bits per heavy atom. The van der Waals surface area contributed by atoms with Crippen LogP contribution in [0, 0.1) is 10.1 Å². The van der Waals surface area contributed by atoms with Crippen molar-refractivity contribution in [1.82, 2.24) is 0 Å². The molecule has 0 bridgehead atoms. The summed E-state index contributed by atoms with van der Waals surface area (Å²) in [5.74, 6) is -0.123. The predicted octanol–water partition coefficient (Wildman–Crippen LogP) is 4.88. The maximum atomic E-state index is 11.9. The van der Waals surface area contributed by atoms with Gasteiger partial charge >= 0.3 is 5.97 Å². The third-order valence-corrected chi connectivity index (χ3v) is 3.67. The fraction of sp³-hybridized carbons (Fsp3) is 0. The first-order chi connectivity index (χ1) is 12.6. The molecule has 26 heavy (non-hydrogen) atoms. The van der Waals surface area contributed by atoms with E-state index >= 15 is 0 Å². The molecule has 0 spiro atoms. The molecule has 0 amide bonds. The monoisotopic (exact) mass is 345 g/mol. The van der Waals surface area contributed by atoms with Crippen molar-refractivity contribution < 1.29 is 14.5 Å². The Hall–Kier alpha value is -3.73. The molecule has 0 unspecified atom stereocenters. The van der Waals surface area contributed by atoms with Crippen molar-refractivity contribution >= 4 is 17.7 Å². The van der Waals surface area contributed by atoms with E-state index in [1.54, 1.807) is 24.3 Å². The highest BCUT2D eigenvalue weighted by Crippen LogP contribution is 2.22. The second-order valence-corrected chi connectivity index (χ2v) is 5.50. The van der Waals surface area contributed by atoms with Gasteiger partial charge < -0.3 is 4.74 Å². The van der Waals surface area contributed by atoms with Crippen LogP contribution in [0.3, 0.4) is 0 Å². The van der Waals surface area contributed by atoms with Crippen LogP contribution in [0.5, 0.6) is 5.75 Å². The molecule has 0 saturated carbocycles. The predicted molar refractivity (Wildman–Crippen MR) is 99.6 cm³/mol. The molecular formula is C21H15NO4. The normalized spacial score (nSPS) is 10.6. The minimum atomic E-state index is -0.552. The minimum Gasteiger partial charge on any atom is -0.423 e. The SMILES string of the molecule is O=C(/C=C/c1cccc([N+](=O)[O-])c1)Oc1ccc(-c2ccccc2)cc1. The molecule has 0 aliphatic carbocycles. The summed E-state index contributed by atoms with van der Waals surface area (Å²) in [4.78, 5) is 22.2. The highest BCUT2D eigenvalue weighted by molar-refractivity contribution is 5.88. The van der Waals surface area contributed by atoms with Gasteiger partial charge in [0.05, 0.1) is 4.92 Å². The Bertz CT molecular complexity index is 947. The number of hydrogen-bond acceptors (Lipinski definition) is 4. The fourth-order valence-electron chi connectivity index (χ4n) is 2.40. The highest BCUT2D eigenvalue weighted by Gasteiger charge is 2.05. The number of benzene rings is 3. The minimum absolute atomic E-state index is 0.0305. The summed E-state index contributed by atoms with van der Waals surface area (Å²) in [6.45, 7) is 0. The highest BCUT2D eigenvalue weighted by atomic mass is 16.6. The second kappa shape index (κ2) is 7.90. The van der Waals surface area contributed by atoms with Gasteiger partial charge in [0.15, 0.2) is 0 Å². The second-order valence-electron chi connectivity index (χ2n) is 5.50. The van der Waals surface area contributed by atoms with Gasteiger partial charge in [-0.15, -0.1) is 0 Å². The van der Waals surface area contributed by atoms with E-state index in [1.807, 2.05) is 42.5 Å². The molecule has 3 aromatic rings. The van der Waals surface area contributed by atoms with E-state index in [1.165, 1.54) is 24.3 Å². The van der Waals surface area contributed by atoms with E-state index in [4.69, 9.17) is 4.74 Å². The van der Waals surface area contributed by atoms with Crippen LogP contribution in [0.1, 0.15) is 5.56 Å². The average Bonchev–Trinajstić information content (AvgIpc) is 2.68. The summed E-state index contributed by atoms with van der Waals surface area (Å²) in [5, 5.41) is 10.8. The van der Waals surface area contributed by atoms with Crippen molar-refractivity contribution in [1.29, 1.82) is 0 Å². The Balaban J connectivity index is 1.65. The summed E-state index contributed by atoms with van der Waals surface area (Å²) in [6, 6.07) is 23.1. The number of carbonyl (C=O) groups excluding carboxylic acids is 1. The fourth-order valence-corrected chi connectivity index (χ4v) is 2.40. The maximum absolute atomic E-state index is 11.9. The number of nitro groups is 1. The largest absolute Gasteiger partial charge is 0.423 e. The first-order valence-corrected chi connectivity index (χ1v) is 7.92. The van der Waals surface area contributed by atoms with Crippen LogP contribution in [0.4, 0.5) is 5.69 Å². The van der Waals surface area contributed by atoms with Gasteiger partial charge in [0.1, 0.15) is 5.75 Å². The zero-order chi connectivity index (χ0) is 18.4. The molecule has 0 N–H and O–H groups in total. The van der Waals surface area contributed by atoms with Crippen molar-refractivity contribution in [2.24, 2.45) is 0 Å². The van der Waals surface area contributed by atoms with Crippen LogP contribution in [0.15, 0.2) is 84.9 Å². The van der Waals surface area contributed by atoms with E-state index < -0.39 is 10.9 Å². The molecule has 3 aromatic carbocycles. The summed E-state index contributed by atoms with van der Waals surface area (Å²) in [7, 11) is 0. The van der Waals surface area contributed by atoms with Gasteiger partial charge in [0, 0.05) is 18.2 Å². The first-order valence-electron chi connectivity index (χ1n) is 7.92. The quantitative estimate of drug-likeness (QED) is 0.217. The van der Waals surface area contributed by atoms with Crippen LogP contribution in [-0.4, -0.2) is 10.9 Å². The van der Waals surface area contributed by atoms with Crippen molar-refractivity contribution in [3.63, 3.8) is 0 Å². The molecule has 128 valence electrons. The van der Waals surface area contributed by atoms with Gasteiger partial charge in [0.25, 0.3) is 5.69 Å². The van der Waals surface area contributed by atoms with Gasteiger partial charge in [-0.05, 0) is 34.9 Å². The van der Waals surface area contributed by atoms with E-state index in [0.717, 1.165) is 11.1 Å². The van der Waals surface area contributed by atoms with E-state index in [9.17, 15) is 14.9 Å². The molecular weight excluding hydrogens is 330 g/mol. The van der Waals surface area contributed by atoms with Crippen molar-refractivity contribution in [3.05, 3.63) is 101 Å². The molecule has 0 radical (unpaired) electrons. The number of hydrogen-bond donors (Lipinski definition) is 0. The Morgan fingerprint density at radius 1 is 0.885 bits per heavy atom. The summed E-state index contributed by atoms with van der Waals surface area (Å²) in [5.41, 5.74) is 2.63. The van der Waals surface area contributed by atoms with Crippen LogP contribution in [0.2, 0.25) is 0 Å². The number of rotatable bonds is 5. The molecule has 5 nitrogen and oxygen atoms in total. The lowest BCUT2D eigenvalue weighted by Crippen LogP contribution is -2.03. The zero-order valence-electron chi connectivity index (χ0n) is 13.7. The smallest absolute Gasteiger partial charge is 0.336 e. The third-order valence-electron chi connectivity index (χ3n) is 3.67. The molecule has 3 rings (SSSR count). The molecule has 0 aliphatic heterocycles. The number of non-ortho nitro benzene ring substituents is 1. The summed E-state index contributed by atoms with van der Waals surface area (Å²) in [6.07, 6.45) is 2.72. The Labute approximate surface area is 150 Å². The lowest BCUT2D eigenvalue weighted by Gasteiger charge is -2.04. The molecule has 0 fully saturated rings. The van der Waals surface area contributed by atoms with E-state index in [0.29, 0.717) is 11.3 Å². The van der Waals surface area contributed by atoms with E-state index in [-0.39, 0.29) is 5.69 Å². The average molecular weight is 345 g/mol. The molecule has 0 heterocycles. The van der Waals surface area contributed by atoms with Crippen molar-refractivity contribution in [2.75, 3.05) is 0 Å². The molecule has 5 heteroatoms. The lowest BCUT2D eigenvalue weighted by molar-refractivity contribution is -0.384. The van der Waals surface area contributed by atoms with Gasteiger partial charge in [-0.3, -0.25) is 10.1 Å². The number of nitro benzene ring substituents is 1. The standard InChI is InChI=1S/C21H15NO4/c23-21(14-9-16-5-4-8-19(15-16)22(24)25)26-20-12-10-18(11-13-20)17-6-2-1-3-7-17/h1-15H/b14-9+. The van der Waals surface area contributed by atoms with E-state index in [2.05, 4.69) is 0 Å². The van der Waals surface area contributed by atoms with Gasteiger partial charge in [-0.1, -0.05) is 54.6 Å². The molecule has 0 aliphatic rings. The molecule has 0 aromatic heterocycles. The first kappa shape index (κ1) is 17.1. The molecule has 0 atom stereocenters. The topological polar surface area (TPSA) is 69.4 Å². The van der Waals surface area contributed by atoms with Crippen LogP contribution < -0.4 is 4.74 Å². The number of ether oxygens (including phenoxy) is 1. The number of nitrogens with zero attached hydrogens (tertiary/aromatic N) is 1. The number of carbonyl (C=O) groups is 1. The molecule has 0 saturated heterocycles. The Kier molecular flexibility index (Phi) is 5.19. The van der Waals surface area contributed by atoms with Crippen LogP contribution in [0.25, 0.3) is 17.2 Å². The Morgan fingerprint density at radius 3 is 2.27 bits per heavy atom. The van der Waals surface area contributed by atoms with Crippen molar-refractivity contribution in [3.8, 4) is 16.9 Å². The van der Waals surface area contributed by atoms with Crippen LogP contribution >= 0.6 is 0 Å². The third kappa shape index (κ3) is 4.42. The summed E-state index contributed by atoms with van der Waals surface area (Å²) >= 11 is 0. The summed E-state index contributed by atoms with van der Waals surface area (Å²) < 4.78 is 5.25. The lowest BCUT2D eigenvalue weighted by atomic mass is 10.1.